The Hall–Kier alpha value is -1.23. The van der Waals surface area contributed by atoms with Gasteiger partial charge in [0.2, 0.25) is 0 Å². The van der Waals surface area contributed by atoms with Crippen molar-refractivity contribution in [2.24, 2.45) is 5.41 Å². The van der Waals surface area contributed by atoms with Crippen LogP contribution in [0.25, 0.3) is 0 Å². The number of nitrogens with one attached hydrogen (secondary N) is 1. The van der Waals surface area contributed by atoms with Gasteiger partial charge in [0, 0.05) is 23.5 Å². The lowest BCUT2D eigenvalue weighted by molar-refractivity contribution is 0.0921. The molecule has 1 aliphatic rings. The van der Waals surface area contributed by atoms with Gasteiger partial charge in [-0.05, 0) is 30.4 Å². The smallest absolute Gasteiger partial charge is 0.251 e. The molecular formula is C15H20BrNO3. The summed E-state index contributed by atoms with van der Waals surface area (Å²) in [6.07, 6.45) is 5.90. The lowest BCUT2D eigenvalue weighted by atomic mass is 9.75. The number of hydrogen-bond donors (Lipinski definition) is 3. The Balaban J connectivity index is 2.00. The van der Waals surface area contributed by atoms with Crippen LogP contribution in [0.2, 0.25) is 0 Å². The number of halogens is 1. The van der Waals surface area contributed by atoms with Crippen molar-refractivity contribution in [1.82, 2.24) is 5.32 Å². The number of hydrogen-bond acceptors (Lipinski definition) is 3. The molecule has 1 aliphatic carbocycles. The molecule has 2 rings (SSSR count). The quantitative estimate of drug-likeness (QED) is 0.736. The largest absolute Gasteiger partial charge is 0.508 e. The van der Waals surface area contributed by atoms with E-state index in [9.17, 15) is 15.0 Å². The Bertz CT molecular complexity index is 464. The first-order valence-electron chi connectivity index (χ1n) is 6.92. The average Bonchev–Trinajstić information content (AvgIpc) is 2.45. The monoisotopic (exact) mass is 341 g/mol. The molecule has 1 amide bonds. The highest BCUT2D eigenvalue weighted by Gasteiger charge is 2.31. The Morgan fingerprint density at radius 2 is 1.75 bits per heavy atom. The van der Waals surface area contributed by atoms with E-state index in [0.29, 0.717) is 6.54 Å². The van der Waals surface area contributed by atoms with Crippen molar-refractivity contribution < 1.29 is 15.0 Å². The van der Waals surface area contributed by atoms with Crippen LogP contribution in [0.5, 0.6) is 11.5 Å². The van der Waals surface area contributed by atoms with E-state index in [-0.39, 0.29) is 28.4 Å². The van der Waals surface area contributed by atoms with Crippen molar-refractivity contribution in [3.63, 3.8) is 0 Å². The molecule has 1 aromatic rings. The zero-order chi connectivity index (χ0) is 14.6. The van der Waals surface area contributed by atoms with Gasteiger partial charge >= 0.3 is 0 Å². The molecular weight excluding hydrogens is 322 g/mol. The minimum absolute atomic E-state index is 0.108. The van der Waals surface area contributed by atoms with Gasteiger partial charge in [0.25, 0.3) is 5.91 Å². The molecule has 0 aliphatic heterocycles. The van der Waals surface area contributed by atoms with Crippen molar-refractivity contribution >= 4 is 21.8 Å². The lowest BCUT2D eigenvalue weighted by Gasteiger charge is -2.35. The van der Waals surface area contributed by atoms with E-state index < -0.39 is 0 Å². The fourth-order valence-corrected chi connectivity index (χ4v) is 3.51. The molecule has 110 valence electrons. The van der Waals surface area contributed by atoms with Crippen LogP contribution in [0.4, 0.5) is 0 Å². The van der Waals surface area contributed by atoms with Crippen LogP contribution in [0.1, 0.15) is 42.5 Å². The topological polar surface area (TPSA) is 69.6 Å². The fourth-order valence-electron chi connectivity index (χ4n) is 2.76. The minimum atomic E-state index is -0.262. The summed E-state index contributed by atoms with van der Waals surface area (Å²) in [7, 11) is 0. The number of amides is 1. The molecule has 1 aromatic carbocycles. The summed E-state index contributed by atoms with van der Waals surface area (Å²) in [5, 5.41) is 22.6. The summed E-state index contributed by atoms with van der Waals surface area (Å²) in [6, 6.07) is 3.92. The fraction of sp³-hybridized carbons (Fsp3) is 0.533. The second-order valence-corrected chi connectivity index (χ2v) is 6.18. The molecule has 0 unspecified atom stereocenters. The SMILES string of the molecule is O=C(NCC1(CBr)CCCCC1)c1cc(O)cc(O)c1. The van der Waals surface area contributed by atoms with E-state index in [2.05, 4.69) is 21.2 Å². The molecule has 0 saturated heterocycles. The zero-order valence-corrected chi connectivity index (χ0v) is 12.9. The molecule has 1 saturated carbocycles. The third-order valence-corrected chi connectivity index (χ3v) is 5.18. The van der Waals surface area contributed by atoms with E-state index in [4.69, 9.17) is 0 Å². The summed E-state index contributed by atoms with van der Waals surface area (Å²) in [4.78, 5) is 12.1. The normalized spacial score (nSPS) is 17.6. The summed E-state index contributed by atoms with van der Waals surface area (Å²) in [5.41, 5.74) is 0.412. The summed E-state index contributed by atoms with van der Waals surface area (Å²) in [6.45, 7) is 0.619. The third-order valence-electron chi connectivity index (χ3n) is 3.99. The number of carbonyl (C=O) groups is 1. The molecule has 1 fully saturated rings. The number of benzene rings is 1. The molecule has 0 aromatic heterocycles. The Labute approximate surface area is 127 Å². The van der Waals surface area contributed by atoms with Crippen LogP contribution in [0.15, 0.2) is 18.2 Å². The van der Waals surface area contributed by atoms with Crippen molar-refractivity contribution in [2.75, 3.05) is 11.9 Å². The molecule has 0 radical (unpaired) electrons. The highest BCUT2D eigenvalue weighted by Crippen LogP contribution is 2.37. The molecule has 0 spiro atoms. The van der Waals surface area contributed by atoms with Crippen molar-refractivity contribution in [3.8, 4) is 11.5 Å². The van der Waals surface area contributed by atoms with Gasteiger partial charge < -0.3 is 15.5 Å². The average molecular weight is 342 g/mol. The van der Waals surface area contributed by atoms with Crippen LogP contribution in [-0.2, 0) is 0 Å². The van der Waals surface area contributed by atoms with Gasteiger partial charge in [0.1, 0.15) is 11.5 Å². The highest BCUT2D eigenvalue weighted by atomic mass is 79.9. The summed E-state index contributed by atoms with van der Waals surface area (Å²) >= 11 is 3.57. The maximum atomic E-state index is 12.1. The number of phenols is 2. The molecule has 0 heterocycles. The van der Waals surface area contributed by atoms with E-state index in [1.165, 1.54) is 37.5 Å². The molecule has 0 atom stereocenters. The summed E-state index contributed by atoms with van der Waals surface area (Å²) in [5.74, 6) is -0.479. The van der Waals surface area contributed by atoms with E-state index in [0.717, 1.165) is 18.2 Å². The van der Waals surface area contributed by atoms with Gasteiger partial charge in [0.15, 0.2) is 0 Å². The second kappa shape index (κ2) is 6.48. The van der Waals surface area contributed by atoms with E-state index in [1.54, 1.807) is 0 Å². The Morgan fingerprint density at radius 1 is 1.15 bits per heavy atom. The number of phenolic OH excluding ortho intramolecular Hbond substituents is 2. The first-order chi connectivity index (χ1) is 9.54. The van der Waals surface area contributed by atoms with Crippen LogP contribution in [0.3, 0.4) is 0 Å². The molecule has 0 bridgehead atoms. The molecule has 5 heteroatoms. The van der Waals surface area contributed by atoms with Gasteiger partial charge in [-0.15, -0.1) is 0 Å². The first-order valence-corrected chi connectivity index (χ1v) is 8.04. The van der Waals surface area contributed by atoms with Crippen LogP contribution >= 0.6 is 15.9 Å². The molecule has 4 nitrogen and oxygen atoms in total. The number of carbonyl (C=O) groups excluding carboxylic acids is 1. The maximum Gasteiger partial charge on any atom is 0.251 e. The zero-order valence-electron chi connectivity index (χ0n) is 11.4. The maximum absolute atomic E-state index is 12.1. The number of aromatic hydroxyl groups is 2. The number of alkyl halides is 1. The van der Waals surface area contributed by atoms with Crippen molar-refractivity contribution in [1.29, 1.82) is 0 Å². The van der Waals surface area contributed by atoms with E-state index in [1.807, 2.05) is 0 Å². The standard InChI is InChI=1S/C15H20BrNO3/c16-9-15(4-2-1-3-5-15)10-17-14(20)11-6-12(18)8-13(19)7-11/h6-8,18-19H,1-5,9-10H2,(H,17,20). The van der Waals surface area contributed by atoms with Gasteiger partial charge in [-0.25, -0.2) is 0 Å². The van der Waals surface area contributed by atoms with Crippen LogP contribution in [0, 0.1) is 5.41 Å². The summed E-state index contributed by atoms with van der Waals surface area (Å²) < 4.78 is 0. The Kier molecular flexibility index (Phi) is 4.91. The van der Waals surface area contributed by atoms with Crippen molar-refractivity contribution in [2.45, 2.75) is 32.1 Å². The van der Waals surface area contributed by atoms with Gasteiger partial charge in [-0.2, -0.15) is 0 Å². The minimum Gasteiger partial charge on any atom is -0.508 e. The second-order valence-electron chi connectivity index (χ2n) is 5.62. The van der Waals surface area contributed by atoms with Gasteiger partial charge in [0.05, 0.1) is 0 Å². The van der Waals surface area contributed by atoms with E-state index >= 15 is 0 Å². The molecule has 20 heavy (non-hydrogen) atoms. The molecule has 3 N–H and O–H groups in total. The highest BCUT2D eigenvalue weighted by molar-refractivity contribution is 9.09. The third kappa shape index (κ3) is 3.66. The van der Waals surface area contributed by atoms with Crippen LogP contribution < -0.4 is 5.32 Å². The Morgan fingerprint density at radius 3 is 2.30 bits per heavy atom. The van der Waals surface area contributed by atoms with Crippen molar-refractivity contribution in [3.05, 3.63) is 23.8 Å². The number of rotatable bonds is 4. The predicted molar refractivity (Wildman–Crippen MR) is 81.4 cm³/mol. The van der Waals surface area contributed by atoms with Crippen LogP contribution in [-0.4, -0.2) is 28.0 Å². The van der Waals surface area contributed by atoms with Gasteiger partial charge in [-0.1, -0.05) is 35.2 Å². The first kappa shape index (κ1) is 15.2. The van der Waals surface area contributed by atoms with Gasteiger partial charge in [-0.3, -0.25) is 4.79 Å². The predicted octanol–water partition coefficient (Wildman–Crippen LogP) is 3.17. The lowest BCUT2D eigenvalue weighted by Crippen LogP contribution is -2.40.